The van der Waals surface area contributed by atoms with Crippen LogP contribution in [-0.2, 0) is 16.9 Å². The average Bonchev–Trinajstić information content (AvgIpc) is 3.27. The zero-order valence-electron chi connectivity index (χ0n) is 15.8. The Morgan fingerprint density at radius 1 is 1.17 bits per heavy atom. The van der Waals surface area contributed by atoms with Crippen molar-refractivity contribution in [3.8, 4) is 0 Å². The van der Waals surface area contributed by atoms with E-state index in [4.69, 9.17) is 27.9 Å². The summed E-state index contributed by atoms with van der Waals surface area (Å²) < 4.78 is 22.8. The quantitative estimate of drug-likeness (QED) is 0.229. The van der Waals surface area contributed by atoms with Crippen molar-refractivity contribution in [2.24, 2.45) is 0 Å². The molecular formula is C21H20Cl2FN3OS. The van der Waals surface area contributed by atoms with Gasteiger partial charge in [0.1, 0.15) is 23.8 Å². The number of epoxide rings is 1. The number of rotatable bonds is 8. The number of benzene rings is 2. The van der Waals surface area contributed by atoms with E-state index in [9.17, 15) is 4.39 Å². The molecule has 0 aliphatic carbocycles. The van der Waals surface area contributed by atoms with Gasteiger partial charge < -0.3 is 4.74 Å². The first-order valence-electron chi connectivity index (χ1n) is 9.43. The van der Waals surface area contributed by atoms with E-state index in [0.29, 0.717) is 22.2 Å². The van der Waals surface area contributed by atoms with Gasteiger partial charge in [0, 0.05) is 21.4 Å². The van der Waals surface area contributed by atoms with Gasteiger partial charge in [-0.1, -0.05) is 60.4 Å². The molecule has 1 aromatic heterocycles. The first-order valence-corrected chi connectivity index (χ1v) is 11.2. The van der Waals surface area contributed by atoms with Crippen molar-refractivity contribution in [1.82, 2.24) is 14.8 Å². The number of thioether (sulfide) groups is 1. The van der Waals surface area contributed by atoms with Crippen LogP contribution in [0.25, 0.3) is 0 Å². The van der Waals surface area contributed by atoms with E-state index >= 15 is 0 Å². The minimum Gasteiger partial charge on any atom is -0.354 e. The smallest absolute Gasteiger partial charge is 0.186 e. The highest BCUT2D eigenvalue weighted by Crippen LogP contribution is 2.59. The van der Waals surface area contributed by atoms with Gasteiger partial charge in [-0.15, -0.1) is 0 Å². The number of nitrogens with zero attached hydrogens (tertiary/aromatic N) is 3. The average molecular weight is 452 g/mol. The zero-order valence-corrected chi connectivity index (χ0v) is 18.1. The first kappa shape index (κ1) is 20.7. The van der Waals surface area contributed by atoms with E-state index in [1.54, 1.807) is 34.6 Å². The van der Waals surface area contributed by atoms with Gasteiger partial charge in [0.25, 0.3) is 0 Å². The molecule has 8 heteroatoms. The number of hydrogen-bond acceptors (Lipinski definition) is 4. The van der Waals surface area contributed by atoms with E-state index < -0.39 is 5.60 Å². The molecule has 2 unspecified atom stereocenters. The van der Waals surface area contributed by atoms with Crippen LogP contribution in [0.4, 0.5) is 4.39 Å². The van der Waals surface area contributed by atoms with Gasteiger partial charge in [-0.2, -0.15) is 5.10 Å². The van der Waals surface area contributed by atoms with Crippen LogP contribution in [0.2, 0.25) is 10.0 Å². The molecule has 3 aromatic rings. The number of ether oxygens (including phenoxy) is 1. The molecule has 152 valence electrons. The van der Waals surface area contributed by atoms with E-state index in [-0.39, 0.29) is 11.9 Å². The van der Waals surface area contributed by atoms with Crippen LogP contribution in [0, 0.1) is 5.82 Å². The Morgan fingerprint density at radius 2 is 1.93 bits per heavy atom. The Morgan fingerprint density at radius 3 is 2.69 bits per heavy atom. The molecule has 0 N–H and O–H groups in total. The fourth-order valence-corrected chi connectivity index (χ4v) is 4.68. The van der Waals surface area contributed by atoms with Crippen LogP contribution in [0.15, 0.2) is 53.9 Å². The van der Waals surface area contributed by atoms with Crippen LogP contribution in [0.5, 0.6) is 0 Å². The minimum absolute atomic E-state index is 0.328. The maximum absolute atomic E-state index is 14.8. The lowest BCUT2D eigenvalue weighted by molar-refractivity contribution is 0.251. The van der Waals surface area contributed by atoms with E-state index in [1.807, 2.05) is 12.1 Å². The third kappa shape index (κ3) is 4.31. The molecule has 1 aliphatic heterocycles. The molecule has 1 saturated heterocycles. The van der Waals surface area contributed by atoms with E-state index in [0.717, 1.165) is 29.3 Å². The van der Waals surface area contributed by atoms with Gasteiger partial charge in [-0.25, -0.2) is 14.1 Å². The zero-order chi connectivity index (χ0) is 20.4. The molecule has 0 saturated carbocycles. The van der Waals surface area contributed by atoms with Crippen LogP contribution < -0.4 is 0 Å². The van der Waals surface area contributed by atoms with Gasteiger partial charge in [-0.05, 0) is 42.3 Å². The molecule has 4 nitrogen and oxygen atoms in total. The summed E-state index contributed by atoms with van der Waals surface area (Å²) in [5.74, 6) is 0.598. The largest absolute Gasteiger partial charge is 0.354 e. The lowest BCUT2D eigenvalue weighted by atomic mass is 9.91. The fraction of sp³-hybridized carbons (Fsp3) is 0.333. The summed E-state index contributed by atoms with van der Waals surface area (Å²) in [5.41, 5.74) is 0.440. The molecule has 0 amide bonds. The predicted molar refractivity (Wildman–Crippen MR) is 114 cm³/mol. The van der Waals surface area contributed by atoms with Crippen molar-refractivity contribution < 1.29 is 9.13 Å². The van der Waals surface area contributed by atoms with Gasteiger partial charge in [0.05, 0.1) is 6.54 Å². The molecule has 2 heterocycles. The topological polar surface area (TPSA) is 43.2 Å². The second kappa shape index (κ2) is 8.64. The van der Waals surface area contributed by atoms with E-state index in [1.165, 1.54) is 18.5 Å². The molecule has 2 aromatic carbocycles. The monoisotopic (exact) mass is 451 g/mol. The summed E-state index contributed by atoms with van der Waals surface area (Å²) in [6.45, 7) is 2.49. The third-order valence-corrected chi connectivity index (χ3v) is 6.50. The van der Waals surface area contributed by atoms with Crippen LogP contribution in [0.1, 0.15) is 37.0 Å². The van der Waals surface area contributed by atoms with Gasteiger partial charge in [0.15, 0.2) is 5.16 Å². The minimum atomic E-state index is -0.906. The van der Waals surface area contributed by atoms with Crippen molar-refractivity contribution in [2.45, 2.75) is 43.2 Å². The number of halogens is 3. The summed E-state index contributed by atoms with van der Waals surface area (Å²) in [4.78, 5) is 4.36. The van der Waals surface area contributed by atoms with Gasteiger partial charge >= 0.3 is 0 Å². The third-order valence-electron chi connectivity index (χ3n) is 4.95. The molecule has 4 rings (SSSR count). The molecular weight excluding hydrogens is 432 g/mol. The van der Waals surface area contributed by atoms with Gasteiger partial charge in [-0.3, -0.25) is 0 Å². The summed E-state index contributed by atoms with van der Waals surface area (Å²) in [5, 5.41) is 6.26. The van der Waals surface area contributed by atoms with Crippen molar-refractivity contribution in [2.75, 3.05) is 5.75 Å². The molecule has 0 spiro atoms. The van der Waals surface area contributed by atoms with Crippen molar-refractivity contribution >= 4 is 35.0 Å². The Kier molecular flexibility index (Phi) is 6.16. The van der Waals surface area contributed by atoms with Crippen LogP contribution in [0.3, 0.4) is 0 Å². The van der Waals surface area contributed by atoms with Crippen molar-refractivity contribution in [3.05, 3.63) is 75.8 Å². The molecule has 0 bridgehead atoms. The molecule has 1 fully saturated rings. The first-order chi connectivity index (χ1) is 14.0. The number of unbranched alkanes of at least 4 members (excludes halogenated alkanes) is 1. The van der Waals surface area contributed by atoms with Crippen LogP contribution in [-0.4, -0.2) is 20.5 Å². The second-order valence-corrected chi connectivity index (χ2v) is 8.90. The molecule has 1 aliphatic rings. The number of hydrogen-bond donors (Lipinski definition) is 0. The van der Waals surface area contributed by atoms with E-state index in [2.05, 4.69) is 17.0 Å². The molecule has 0 radical (unpaired) electrons. The molecule has 29 heavy (non-hydrogen) atoms. The Balaban J connectivity index is 1.69. The highest BCUT2D eigenvalue weighted by Gasteiger charge is 2.60. The highest BCUT2D eigenvalue weighted by molar-refractivity contribution is 7.99. The predicted octanol–water partition coefficient (Wildman–Crippen LogP) is 6.28. The van der Waals surface area contributed by atoms with Crippen molar-refractivity contribution in [3.63, 3.8) is 0 Å². The highest BCUT2D eigenvalue weighted by atomic mass is 35.5. The maximum Gasteiger partial charge on any atom is 0.186 e. The lowest BCUT2D eigenvalue weighted by Gasteiger charge is -2.16. The number of aromatic nitrogens is 3. The summed E-state index contributed by atoms with van der Waals surface area (Å²) in [7, 11) is 0. The fourth-order valence-electron chi connectivity index (χ4n) is 3.39. The second-order valence-electron chi connectivity index (χ2n) is 6.97. The Bertz CT molecular complexity index is 998. The van der Waals surface area contributed by atoms with Crippen molar-refractivity contribution in [1.29, 1.82) is 0 Å². The summed E-state index contributed by atoms with van der Waals surface area (Å²) in [6, 6.07) is 11.9. The molecule has 2 atom stereocenters. The summed E-state index contributed by atoms with van der Waals surface area (Å²) >= 11 is 13.9. The van der Waals surface area contributed by atoms with Crippen LogP contribution >= 0.6 is 35.0 Å². The SMILES string of the molecule is CCCCSc1ncnn1CC1(c2cc(Cl)ccc2F)OC1c1ccc(Cl)cc1. The maximum atomic E-state index is 14.8. The lowest BCUT2D eigenvalue weighted by Crippen LogP contribution is -2.22. The normalized spacial score (nSPS) is 20.8. The van der Waals surface area contributed by atoms with Gasteiger partial charge in [0.2, 0.25) is 0 Å². The Hall–Kier alpha value is -1.60. The summed E-state index contributed by atoms with van der Waals surface area (Å²) in [6.07, 6.45) is 3.40. The Labute approximate surface area is 183 Å². The standard InChI is InChI=1S/C21H20Cl2FN3OS/c1-2-3-10-29-20-25-13-26-27(20)12-21(17-11-16(23)8-9-18(17)24)19(28-21)14-4-6-15(22)7-5-14/h4-9,11,13,19H,2-3,10,12H2,1H3.